The van der Waals surface area contributed by atoms with Crippen molar-refractivity contribution in [1.29, 1.82) is 0 Å². The molecule has 0 radical (unpaired) electrons. The summed E-state index contributed by atoms with van der Waals surface area (Å²) in [5, 5.41) is 0. The quantitative estimate of drug-likeness (QED) is 0.192. The Labute approximate surface area is 167 Å². The van der Waals surface area contributed by atoms with E-state index in [4.69, 9.17) is 0 Å². The molecule has 0 atom stereocenters. The molecule has 0 N–H and O–H groups in total. The number of hydrogen-bond donors (Lipinski definition) is 0. The van der Waals surface area contributed by atoms with E-state index in [2.05, 4.69) is 11.4 Å². The maximum absolute atomic E-state index is 10.2. The van der Waals surface area contributed by atoms with Crippen molar-refractivity contribution >= 4 is 7.82 Å². The van der Waals surface area contributed by atoms with Gasteiger partial charge in [-0.1, -0.05) is 90.4 Å². The van der Waals surface area contributed by atoms with Gasteiger partial charge in [-0.2, -0.15) is 0 Å². The monoisotopic (exact) mass is 334 g/mol. The van der Waals surface area contributed by atoms with Crippen LogP contribution in [0.15, 0.2) is 0 Å². The Morgan fingerprint density at radius 1 is 0.652 bits per heavy atom. The number of rotatable bonds is 16. The number of phosphoric ester groups is 1. The van der Waals surface area contributed by atoms with Gasteiger partial charge < -0.3 is 18.9 Å². The van der Waals surface area contributed by atoms with E-state index in [1.54, 1.807) is 0 Å². The third-order valence-corrected chi connectivity index (χ3v) is 4.25. The molecule has 0 aliphatic carbocycles. The van der Waals surface area contributed by atoms with Gasteiger partial charge in [0.25, 0.3) is 0 Å². The van der Waals surface area contributed by atoms with Crippen LogP contribution < -0.4 is 47.5 Å². The van der Waals surface area contributed by atoms with Crippen LogP contribution in [0.5, 0.6) is 0 Å². The van der Waals surface area contributed by atoms with Crippen LogP contribution in [-0.4, -0.2) is 6.61 Å². The summed E-state index contributed by atoms with van der Waals surface area (Å²) in [6.45, 7) is 2.29. The molecule has 0 amide bonds. The second kappa shape index (κ2) is 21.3. The van der Waals surface area contributed by atoms with Crippen molar-refractivity contribution in [1.82, 2.24) is 0 Å². The van der Waals surface area contributed by atoms with Gasteiger partial charge in [0.1, 0.15) is 0 Å². The zero-order valence-corrected chi connectivity index (χ0v) is 16.6. The van der Waals surface area contributed by atoms with Crippen molar-refractivity contribution in [2.45, 2.75) is 96.8 Å². The van der Waals surface area contributed by atoms with Gasteiger partial charge in [-0.15, -0.1) is 0 Å². The number of unbranched alkanes of at least 4 members (excludes halogenated alkanes) is 13. The molecule has 0 heterocycles. The zero-order chi connectivity index (χ0) is 15.8. The first-order valence-electron chi connectivity index (χ1n) is 8.73. The Bertz CT molecular complexity index is 262. The van der Waals surface area contributed by atoms with Gasteiger partial charge in [-0.3, -0.25) is 0 Å². The summed E-state index contributed by atoms with van der Waals surface area (Å²) in [7, 11) is -4.75. The summed E-state index contributed by atoms with van der Waals surface area (Å²) < 4.78 is 14.4. The summed E-state index contributed by atoms with van der Waals surface area (Å²) >= 11 is 0. The summed E-state index contributed by atoms with van der Waals surface area (Å²) in [6.07, 6.45) is 17.4. The van der Waals surface area contributed by atoms with Gasteiger partial charge in [0, 0.05) is 0 Å². The van der Waals surface area contributed by atoms with E-state index in [0.717, 1.165) is 12.8 Å². The second-order valence-corrected chi connectivity index (χ2v) is 7.03. The Morgan fingerprint density at radius 3 is 1.26 bits per heavy atom. The molecule has 0 aromatic heterocycles. The molecule has 0 aromatic carbocycles. The van der Waals surface area contributed by atoms with Gasteiger partial charge in [0.15, 0.2) is 0 Å². The van der Waals surface area contributed by atoms with Gasteiger partial charge in [0.05, 0.1) is 14.4 Å². The summed E-state index contributed by atoms with van der Waals surface area (Å²) in [6, 6.07) is 0. The molecule has 7 heteroatoms. The van der Waals surface area contributed by atoms with Crippen LogP contribution in [0.4, 0.5) is 0 Å². The van der Waals surface area contributed by atoms with Crippen molar-refractivity contribution < 1.29 is 56.6 Å². The maximum Gasteiger partial charge on any atom is 1.00 e. The van der Waals surface area contributed by atoms with E-state index < -0.39 is 7.82 Å². The Balaban J connectivity index is -0.00000200. The first kappa shape index (κ1) is 29.1. The van der Waals surface area contributed by atoms with E-state index in [-0.39, 0.29) is 44.3 Å². The molecule has 4 nitrogen and oxygen atoms in total. The van der Waals surface area contributed by atoms with E-state index in [9.17, 15) is 14.4 Å². The number of hydrogen-bond acceptors (Lipinski definition) is 4. The minimum Gasteiger partial charge on any atom is -0.790 e. The van der Waals surface area contributed by atoms with Crippen LogP contribution in [0.2, 0.25) is 0 Å². The Morgan fingerprint density at radius 2 is 0.957 bits per heavy atom. The van der Waals surface area contributed by atoms with E-state index in [0.29, 0.717) is 6.42 Å². The largest absolute Gasteiger partial charge is 1.00 e. The van der Waals surface area contributed by atoms with Gasteiger partial charge in [-0.05, 0) is 6.42 Å². The van der Waals surface area contributed by atoms with Crippen LogP contribution in [0.1, 0.15) is 96.8 Å². The standard InChI is InChI=1S/C16H35O4P.2Li/c1-2-3-4-5-6-7-8-9-10-11-12-13-14-15-16-20-21(17,18)19;;/h2-16H2,1H3,(H2,17,18,19);;/q;2*+1/p-2. The Kier molecular flexibility index (Phi) is 27.0. The molecule has 0 spiro atoms. The summed E-state index contributed by atoms with van der Waals surface area (Å²) in [5.41, 5.74) is 0. The van der Waals surface area contributed by atoms with Crippen molar-refractivity contribution in [2.75, 3.05) is 6.61 Å². The fraction of sp³-hybridized carbons (Fsp3) is 1.00. The van der Waals surface area contributed by atoms with Crippen LogP contribution in [0.3, 0.4) is 0 Å². The molecule has 0 aliphatic heterocycles. The van der Waals surface area contributed by atoms with Crippen molar-refractivity contribution in [3.63, 3.8) is 0 Å². The Hall–Kier alpha value is 1.30. The van der Waals surface area contributed by atoms with E-state index in [1.807, 2.05) is 0 Å². The van der Waals surface area contributed by atoms with Gasteiger partial charge in [-0.25, -0.2) is 0 Å². The minimum atomic E-state index is -4.75. The van der Waals surface area contributed by atoms with E-state index in [1.165, 1.54) is 70.6 Å². The molecule has 0 unspecified atom stereocenters. The predicted octanol–water partition coefficient (Wildman–Crippen LogP) is -1.68. The van der Waals surface area contributed by atoms with E-state index >= 15 is 0 Å². The molecule has 0 bridgehead atoms. The molecule has 0 aromatic rings. The fourth-order valence-corrected chi connectivity index (χ4v) is 2.83. The predicted molar refractivity (Wildman–Crippen MR) is 83.9 cm³/mol. The molecular weight excluding hydrogens is 301 g/mol. The SMILES string of the molecule is CCCCCCCCCCCCCCCCOP(=O)([O-])[O-].[Li+].[Li+]. The first-order valence-corrected chi connectivity index (χ1v) is 10.2. The molecule has 23 heavy (non-hydrogen) atoms. The van der Waals surface area contributed by atoms with Crippen LogP contribution in [-0.2, 0) is 9.09 Å². The minimum absolute atomic E-state index is 0. The molecular formula is C16H33Li2O4P. The van der Waals surface area contributed by atoms with Crippen LogP contribution in [0, 0.1) is 0 Å². The smallest absolute Gasteiger partial charge is 0.790 e. The van der Waals surface area contributed by atoms with Crippen LogP contribution >= 0.6 is 7.82 Å². The van der Waals surface area contributed by atoms with Crippen molar-refractivity contribution in [3.05, 3.63) is 0 Å². The molecule has 0 saturated heterocycles. The molecule has 0 aliphatic rings. The number of phosphoric acid groups is 1. The van der Waals surface area contributed by atoms with Crippen molar-refractivity contribution in [3.8, 4) is 0 Å². The van der Waals surface area contributed by atoms with Gasteiger partial charge >= 0.3 is 37.7 Å². The summed E-state index contributed by atoms with van der Waals surface area (Å²) in [5.74, 6) is 0. The topological polar surface area (TPSA) is 72.4 Å². The third-order valence-electron chi connectivity index (χ3n) is 3.75. The molecule has 128 valence electrons. The maximum atomic E-state index is 10.2. The third kappa shape index (κ3) is 28.4. The average molecular weight is 334 g/mol. The second-order valence-electron chi connectivity index (χ2n) is 5.88. The molecule has 0 rings (SSSR count). The average Bonchev–Trinajstić information content (AvgIpc) is 2.42. The summed E-state index contributed by atoms with van der Waals surface area (Å²) in [4.78, 5) is 20.4. The molecule has 0 fully saturated rings. The van der Waals surface area contributed by atoms with Crippen LogP contribution in [0.25, 0.3) is 0 Å². The van der Waals surface area contributed by atoms with Crippen molar-refractivity contribution in [2.24, 2.45) is 0 Å². The molecule has 0 saturated carbocycles. The van der Waals surface area contributed by atoms with Gasteiger partial charge in [0.2, 0.25) is 0 Å². The first-order chi connectivity index (χ1) is 10.1. The fourth-order valence-electron chi connectivity index (χ4n) is 2.47. The zero-order valence-electron chi connectivity index (χ0n) is 15.7. The normalized spacial score (nSPS) is 10.9.